The van der Waals surface area contributed by atoms with E-state index >= 15 is 0 Å². The summed E-state index contributed by atoms with van der Waals surface area (Å²) in [6.45, 7) is 0.396. The van der Waals surface area contributed by atoms with Crippen molar-refractivity contribution >= 4 is 28.0 Å². The lowest BCUT2D eigenvalue weighted by Gasteiger charge is -2.07. The molecule has 0 aliphatic carbocycles. The minimum absolute atomic E-state index is 0.0333. The summed E-state index contributed by atoms with van der Waals surface area (Å²) < 4.78 is 1.77. The zero-order chi connectivity index (χ0) is 22.6. The van der Waals surface area contributed by atoms with Crippen molar-refractivity contribution in [2.75, 3.05) is 13.2 Å². The Bertz CT molecular complexity index is 1430. The van der Waals surface area contributed by atoms with Crippen molar-refractivity contribution in [3.05, 3.63) is 84.1 Å². The first kappa shape index (κ1) is 20.7. The van der Waals surface area contributed by atoms with Gasteiger partial charge in [-0.05, 0) is 48.0 Å². The summed E-state index contributed by atoms with van der Waals surface area (Å²) in [7, 11) is 0. The van der Waals surface area contributed by atoms with Gasteiger partial charge in [-0.3, -0.25) is 14.6 Å². The Morgan fingerprint density at radius 2 is 1.88 bits per heavy atom. The van der Waals surface area contributed by atoms with Crippen LogP contribution >= 0.6 is 0 Å². The molecule has 0 bridgehead atoms. The van der Waals surface area contributed by atoms with Gasteiger partial charge in [0.1, 0.15) is 5.52 Å². The molecule has 1 amide bonds. The van der Waals surface area contributed by atoms with Gasteiger partial charge in [0.25, 0.3) is 5.91 Å². The monoisotopic (exact) mass is 440 g/mol. The van der Waals surface area contributed by atoms with Crippen molar-refractivity contribution in [3.8, 4) is 11.3 Å². The van der Waals surface area contributed by atoms with E-state index in [0.717, 1.165) is 27.7 Å². The largest absolute Gasteiger partial charge is 0.394 e. The molecule has 3 heterocycles. The number of aliphatic hydroxyl groups excluding tert-OH is 1. The van der Waals surface area contributed by atoms with Crippen LogP contribution in [0.1, 0.15) is 15.9 Å². The highest BCUT2D eigenvalue weighted by Crippen LogP contribution is 2.22. The first-order valence-electron chi connectivity index (χ1n) is 10.4. The summed E-state index contributed by atoms with van der Waals surface area (Å²) in [5.74, 6) is -0.383. The standard InChI is InChI=1S/C24H20N6O3/c31-12-13-33-28-24(32)18-6-4-17(5-7-18)21-9-10-22-23(26-21)30(29-27-22)15-16-3-8-20-19(14-16)2-1-11-25-20/h1-11,14,31H,12-13,15H2,(H,28,32). The second-order valence-corrected chi connectivity index (χ2v) is 7.40. The van der Waals surface area contributed by atoms with Crippen LogP contribution in [-0.4, -0.2) is 49.2 Å². The predicted octanol–water partition coefficient (Wildman–Crippen LogP) is 2.74. The predicted molar refractivity (Wildman–Crippen MR) is 122 cm³/mol. The van der Waals surface area contributed by atoms with E-state index in [9.17, 15) is 4.79 Å². The molecule has 9 heteroatoms. The van der Waals surface area contributed by atoms with Crippen LogP contribution < -0.4 is 5.48 Å². The molecule has 0 aliphatic heterocycles. The maximum absolute atomic E-state index is 12.1. The van der Waals surface area contributed by atoms with E-state index < -0.39 is 0 Å². The molecule has 3 aromatic heterocycles. The molecule has 0 radical (unpaired) electrons. The maximum atomic E-state index is 12.1. The molecule has 164 valence electrons. The topological polar surface area (TPSA) is 115 Å². The number of aliphatic hydroxyl groups is 1. The third-order valence-electron chi connectivity index (χ3n) is 5.16. The van der Waals surface area contributed by atoms with E-state index in [-0.39, 0.29) is 19.1 Å². The Balaban J connectivity index is 1.39. The van der Waals surface area contributed by atoms with E-state index in [1.807, 2.05) is 48.5 Å². The number of amides is 1. The van der Waals surface area contributed by atoms with Gasteiger partial charge in [0.05, 0.1) is 31.0 Å². The Morgan fingerprint density at radius 3 is 2.73 bits per heavy atom. The highest BCUT2D eigenvalue weighted by atomic mass is 16.7. The highest BCUT2D eigenvalue weighted by molar-refractivity contribution is 5.94. The average molecular weight is 440 g/mol. The van der Waals surface area contributed by atoms with Gasteiger partial charge in [-0.25, -0.2) is 15.1 Å². The number of rotatable bonds is 7. The Hall–Kier alpha value is -4.21. The molecule has 9 nitrogen and oxygen atoms in total. The lowest BCUT2D eigenvalue weighted by Crippen LogP contribution is -2.25. The van der Waals surface area contributed by atoms with Crippen LogP contribution in [0.15, 0.2) is 72.9 Å². The second kappa shape index (κ2) is 9.11. The third kappa shape index (κ3) is 4.40. The molecular weight excluding hydrogens is 420 g/mol. The number of hydroxylamine groups is 1. The minimum atomic E-state index is -0.383. The number of aromatic nitrogens is 5. The Labute approximate surface area is 188 Å². The molecule has 33 heavy (non-hydrogen) atoms. The summed E-state index contributed by atoms with van der Waals surface area (Å²) in [6, 6.07) is 20.8. The second-order valence-electron chi connectivity index (χ2n) is 7.40. The number of benzene rings is 2. The van der Waals surface area contributed by atoms with Gasteiger partial charge < -0.3 is 5.11 Å². The summed E-state index contributed by atoms with van der Waals surface area (Å²) in [4.78, 5) is 26.0. The molecule has 0 saturated carbocycles. The van der Waals surface area contributed by atoms with Gasteiger partial charge in [0.15, 0.2) is 5.65 Å². The van der Waals surface area contributed by atoms with Gasteiger partial charge >= 0.3 is 0 Å². The molecule has 5 rings (SSSR count). The van der Waals surface area contributed by atoms with Crippen molar-refractivity contribution < 1.29 is 14.7 Å². The number of hydrogen-bond acceptors (Lipinski definition) is 7. The molecule has 2 aromatic carbocycles. The summed E-state index contributed by atoms with van der Waals surface area (Å²) in [5, 5.41) is 18.3. The van der Waals surface area contributed by atoms with Crippen LogP contribution in [0, 0.1) is 0 Å². The SMILES string of the molecule is O=C(NOCCO)c1ccc(-c2ccc3nnn(Cc4ccc5ncccc5c4)c3n2)cc1. The van der Waals surface area contributed by atoms with Crippen molar-refractivity contribution in [1.29, 1.82) is 0 Å². The smallest absolute Gasteiger partial charge is 0.274 e. The van der Waals surface area contributed by atoms with E-state index in [1.165, 1.54) is 0 Å². The maximum Gasteiger partial charge on any atom is 0.274 e. The molecule has 5 aromatic rings. The average Bonchev–Trinajstić information content (AvgIpc) is 3.26. The van der Waals surface area contributed by atoms with Gasteiger partial charge in [-0.15, -0.1) is 5.10 Å². The number of nitrogens with zero attached hydrogens (tertiary/aromatic N) is 5. The quantitative estimate of drug-likeness (QED) is 0.295. The van der Waals surface area contributed by atoms with E-state index in [0.29, 0.717) is 23.3 Å². The van der Waals surface area contributed by atoms with Crippen LogP contribution in [0.5, 0.6) is 0 Å². The fourth-order valence-corrected chi connectivity index (χ4v) is 3.53. The van der Waals surface area contributed by atoms with Crippen LogP contribution in [0.25, 0.3) is 33.3 Å². The van der Waals surface area contributed by atoms with Gasteiger partial charge in [0, 0.05) is 22.7 Å². The molecule has 0 aliphatic rings. The van der Waals surface area contributed by atoms with Crippen LogP contribution in [0.2, 0.25) is 0 Å². The number of carbonyl (C=O) groups excluding carboxylic acids is 1. The van der Waals surface area contributed by atoms with Crippen LogP contribution in [-0.2, 0) is 11.4 Å². The van der Waals surface area contributed by atoms with Crippen molar-refractivity contribution in [3.63, 3.8) is 0 Å². The number of carbonyl (C=O) groups is 1. The van der Waals surface area contributed by atoms with Crippen LogP contribution in [0.4, 0.5) is 0 Å². The normalized spacial score (nSPS) is 11.2. The molecule has 0 saturated heterocycles. The first-order chi connectivity index (χ1) is 16.2. The molecular formula is C24H20N6O3. The van der Waals surface area contributed by atoms with E-state index in [2.05, 4.69) is 26.8 Å². The number of hydrogen-bond donors (Lipinski definition) is 2. The minimum Gasteiger partial charge on any atom is -0.394 e. The van der Waals surface area contributed by atoms with Crippen molar-refractivity contribution in [2.24, 2.45) is 0 Å². The summed E-state index contributed by atoms with van der Waals surface area (Å²) in [5.41, 5.74) is 7.74. The Morgan fingerprint density at radius 1 is 1.03 bits per heavy atom. The van der Waals surface area contributed by atoms with Crippen molar-refractivity contribution in [1.82, 2.24) is 30.4 Å². The molecule has 0 atom stereocenters. The number of pyridine rings is 2. The third-order valence-corrected chi connectivity index (χ3v) is 5.16. The van der Waals surface area contributed by atoms with E-state index in [4.69, 9.17) is 14.9 Å². The van der Waals surface area contributed by atoms with Crippen molar-refractivity contribution in [2.45, 2.75) is 6.54 Å². The van der Waals surface area contributed by atoms with E-state index in [1.54, 1.807) is 23.0 Å². The summed E-state index contributed by atoms with van der Waals surface area (Å²) >= 11 is 0. The highest BCUT2D eigenvalue weighted by Gasteiger charge is 2.11. The van der Waals surface area contributed by atoms with Gasteiger partial charge in [0.2, 0.25) is 0 Å². The molecule has 0 fully saturated rings. The Kier molecular flexibility index (Phi) is 5.71. The van der Waals surface area contributed by atoms with Gasteiger partial charge in [-0.1, -0.05) is 29.5 Å². The zero-order valence-corrected chi connectivity index (χ0v) is 17.5. The zero-order valence-electron chi connectivity index (χ0n) is 17.5. The van der Waals surface area contributed by atoms with Gasteiger partial charge in [-0.2, -0.15) is 0 Å². The number of nitrogens with one attached hydrogen (secondary N) is 1. The first-order valence-corrected chi connectivity index (χ1v) is 10.4. The fourth-order valence-electron chi connectivity index (χ4n) is 3.53. The molecule has 2 N–H and O–H groups in total. The lowest BCUT2D eigenvalue weighted by atomic mass is 10.1. The number of fused-ring (bicyclic) bond motifs is 2. The summed E-state index contributed by atoms with van der Waals surface area (Å²) in [6.07, 6.45) is 1.78. The fraction of sp³-hybridized carbons (Fsp3) is 0.125. The lowest BCUT2D eigenvalue weighted by molar-refractivity contribution is 0.0168. The molecule has 0 spiro atoms. The molecule has 0 unspecified atom stereocenters. The van der Waals surface area contributed by atoms with Crippen LogP contribution in [0.3, 0.4) is 0 Å².